The van der Waals surface area contributed by atoms with Crippen LogP contribution in [0.3, 0.4) is 0 Å². The van der Waals surface area contributed by atoms with Crippen LogP contribution in [0.5, 0.6) is 0 Å². The summed E-state index contributed by atoms with van der Waals surface area (Å²) in [5.41, 5.74) is 3.26. The van der Waals surface area contributed by atoms with E-state index < -0.39 is 24.3 Å². The molecule has 0 atom stereocenters. The Hall–Kier alpha value is -2.81. The van der Waals surface area contributed by atoms with E-state index in [1.807, 2.05) is 11.0 Å². The first-order valence-electron chi connectivity index (χ1n) is 10.5. The molecule has 10 nitrogen and oxygen atoms in total. The number of piperazine rings is 1. The van der Waals surface area contributed by atoms with Crippen LogP contribution in [0.2, 0.25) is 0 Å². The number of hydrogen-bond donors (Lipinski definition) is 4. The molecule has 4 N–H and O–H groups in total. The van der Waals surface area contributed by atoms with Crippen molar-refractivity contribution in [3.8, 4) is 12.3 Å². The van der Waals surface area contributed by atoms with Gasteiger partial charge in [0.2, 0.25) is 5.91 Å². The molecule has 3 amide bonds. The number of aliphatic hydroxyl groups is 1. The summed E-state index contributed by atoms with van der Waals surface area (Å²) in [6, 6.07) is 5.30. The number of benzene rings is 1. The van der Waals surface area contributed by atoms with Crippen molar-refractivity contribution in [1.29, 1.82) is 0 Å². The van der Waals surface area contributed by atoms with Gasteiger partial charge in [-0.25, -0.2) is 5.48 Å². The predicted octanol–water partition coefficient (Wildman–Crippen LogP) is -1.20. The Bertz CT molecular complexity index is 846. The monoisotopic (exact) mass is 445 g/mol. The predicted molar refractivity (Wildman–Crippen MR) is 118 cm³/mol. The Kier molecular flexibility index (Phi) is 10.3. The fourth-order valence-electron chi connectivity index (χ4n) is 3.48. The second-order valence-electron chi connectivity index (χ2n) is 7.62. The largest absolute Gasteiger partial charge is 0.395 e. The number of terminal acetylenes is 1. The van der Waals surface area contributed by atoms with Gasteiger partial charge < -0.3 is 10.4 Å². The van der Waals surface area contributed by atoms with Gasteiger partial charge in [-0.05, 0) is 24.1 Å². The van der Waals surface area contributed by atoms with Crippen molar-refractivity contribution in [2.75, 3.05) is 59.0 Å². The Balaban J connectivity index is 2.15. The zero-order valence-electron chi connectivity index (χ0n) is 18.3. The number of nitrogens with one attached hydrogen (secondary N) is 2. The van der Waals surface area contributed by atoms with E-state index in [2.05, 4.69) is 16.1 Å². The molecule has 174 valence electrons. The molecule has 1 aromatic rings. The van der Waals surface area contributed by atoms with Gasteiger partial charge >= 0.3 is 0 Å². The Labute approximate surface area is 188 Å². The molecular formula is C22H31N5O5. The van der Waals surface area contributed by atoms with E-state index in [-0.39, 0.29) is 13.2 Å². The van der Waals surface area contributed by atoms with Crippen molar-refractivity contribution < 1.29 is 24.7 Å². The fraction of sp³-hybridized carbons (Fsp3) is 0.500. The molecule has 0 unspecified atom stereocenters. The molecule has 1 saturated heterocycles. The van der Waals surface area contributed by atoms with Crippen LogP contribution >= 0.6 is 0 Å². The molecule has 0 radical (unpaired) electrons. The molecule has 0 bridgehead atoms. The zero-order chi connectivity index (χ0) is 23.5. The molecule has 0 aromatic heterocycles. The highest BCUT2D eigenvalue weighted by Crippen LogP contribution is 2.15. The van der Waals surface area contributed by atoms with E-state index in [4.69, 9.17) is 16.7 Å². The van der Waals surface area contributed by atoms with Crippen LogP contribution in [0.25, 0.3) is 0 Å². The molecular weight excluding hydrogens is 414 g/mol. The molecule has 2 rings (SSSR count). The van der Waals surface area contributed by atoms with Gasteiger partial charge in [-0.1, -0.05) is 18.1 Å². The molecule has 1 aliphatic rings. The van der Waals surface area contributed by atoms with Crippen LogP contribution in [-0.2, 0) is 16.1 Å². The van der Waals surface area contributed by atoms with Crippen LogP contribution in [0.4, 0.5) is 0 Å². The van der Waals surface area contributed by atoms with Crippen LogP contribution in [0.1, 0.15) is 21.5 Å². The maximum absolute atomic E-state index is 13.3. The molecule has 0 saturated carbocycles. The summed E-state index contributed by atoms with van der Waals surface area (Å²) < 4.78 is 0. The van der Waals surface area contributed by atoms with Gasteiger partial charge in [-0.3, -0.25) is 34.3 Å². The van der Waals surface area contributed by atoms with Crippen molar-refractivity contribution in [2.24, 2.45) is 0 Å². The third-order valence-electron chi connectivity index (χ3n) is 5.30. The highest BCUT2D eigenvalue weighted by molar-refractivity contribution is 6.08. The lowest BCUT2D eigenvalue weighted by Gasteiger charge is -2.34. The van der Waals surface area contributed by atoms with E-state index in [0.717, 1.165) is 10.5 Å². The second-order valence-corrected chi connectivity index (χ2v) is 7.62. The first-order chi connectivity index (χ1) is 15.4. The van der Waals surface area contributed by atoms with Crippen molar-refractivity contribution in [2.45, 2.75) is 13.5 Å². The summed E-state index contributed by atoms with van der Waals surface area (Å²) >= 11 is 0. The molecule has 1 fully saturated rings. The van der Waals surface area contributed by atoms with Crippen molar-refractivity contribution in [1.82, 2.24) is 25.5 Å². The number of aryl methyl sites for hydroxylation is 1. The average molecular weight is 446 g/mol. The molecule has 1 aromatic carbocycles. The minimum Gasteiger partial charge on any atom is -0.395 e. The van der Waals surface area contributed by atoms with Gasteiger partial charge in [0, 0.05) is 44.8 Å². The topological polar surface area (TPSA) is 125 Å². The van der Waals surface area contributed by atoms with Gasteiger partial charge in [0.1, 0.15) is 6.54 Å². The quantitative estimate of drug-likeness (QED) is 0.153. The van der Waals surface area contributed by atoms with E-state index in [1.165, 1.54) is 5.48 Å². The second kappa shape index (κ2) is 12.9. The summed E-state index contributed by atoms with van der Waals surface area (Å²) in [5, 5.41) is 21.0. The lowest BCUT2D eigenvalue weighted by Crippen LogP contribution is -2.52. The molecule has 10 heteroatoms. The summed E-state index contributed by atoms with van der Waals surface area (Å²) in [7, 11) is 0. The Morgan fingerprint density at radius 3 is 2.50 bits per heavy atom. The average Bonchev–Trinajstić information content (AvgIpc) is 2.79. The number of nitrogens with zero attached hydrogens (tertiary/aromatic N) is 3. The van der Waals surface area contributed by atoms with Crippen LogP contribution in [0.15, 0.2) is 18.2 Å². The highest BCUT2D eigenvalue weighted by atomic mass is 16.5. The third-order valence-corrected chi connectivity index (χ3v) is 5.30. The summed E-state index contributed by atoms with van der Waals surface area (Å²) in [4.78, 5) is 42.9. The minimum atomic E-state index is -0.857. The summed E-state index contributed by atoms with van der Waals surface area (Å²) in [5.74, 6) is 0.493. The molecule has 1 aliphatic heterocycles. The Morgan fingerprint density at radius 2 is 1.88 bits per heavy atom. The lowest BCUT2D eigenvalue weighted by molar-refractivity contribution is -0.138. The SMILES string of the molecule is C#CCNCc1ccc(C)c(C(=O)N(CC(=O)NO)C(=O)CN2CCN(CCO)CC2)c1. The summed E-state index contributed by atoms with van der Waals surface area (Å²) in [6.45, 7) is 5.24. The van der Waals surface area contributed by atoms with E-state index in [0.29, 0.717) is 56.9 Å². The standard InChI is InChI=1S/C22H31N5O5/c1-3-6-23-14-18-5-4-17(2)19(13-18)22(31)27(15-20(29)24-32)21(30)16-26-9-7-25(8-10-26)11-12-28/h1,4-5,13,23,28,32H,6-12,14-16H2,2H3,(H,24,29). The third kappa shape index (κ3) is 7.40. The maximum Gasteiger partial charge on any atom is 0.263 e. The molecule has 1 heterocycles. The van der Waals surface area contributed by atoms with Crippen LogP contribution in [-0.4, -0.2) is 102 Å². The fourth-order valence-corrected chi connectivity index (χ4v) is 3.48. The number of imide groups is 1. The van der Waals surface area contributed by atoms with Gasteiger partial charge in [-0.2, -0.15) is 0 Å². The van der Waals surface area contributed by atoms with Gasteiger partial charge in [0.05, 0.1) is 19.7 Å². The maximum atomic E-state index is 13.3. The summed E-state index contributed by atoms with van der Waals surface area (Å²) in [6.07, 6.45) is 5.24. The van der Waals surface area contributed by atoms with E-state index >= 15 is 0 Å². The van der Waals surface area contributed by atoms with E-state index in [1.54, 1.807) is 19.1 Å². The van der Waals surface area contributed by atoms with Crippen LogP contribution in [0, 0.1) is 19.3 Å². The normalized spacial score (nSPS) is 14.6. The molecule has 0 aliphatic carbocycles. The van der Waals surface area contributed by atoms with Crippen molar-refractivity contribution in [3.63, 3.8) is 0 Å². The lowest BCUT2D eigenvalue weighted by atomic mass is 10.0. The molecule has 32 heavy (non-hydrogen) atoms. The number of hydrogen-bond acceptors (Lipinski definition) is 8. The Morgan fingerprint density at radius 1 is 1.19 bits per heavy atom. The number of carbonyl (C=O) groups is 3. The zero-order valence-corrected chi connectivity index (χ0v) is 18.3. The number of carbonyl (C=O) groups excluding carboxylic acids is 3. The van der Waals surface area contributed by atoms with Crippen molar-refractivity contribution >= 4 is 17.7 Å². The smallest absolute Gasteiger partial charge is 0.263 e. The van der Waals surface area contributed by atoms with E-state index in [9.17, 15) is 14.4 Å². The first-order valence-corrected chi connectivity index (χ1v) is 10.5. The van der Waals surface area contributed by atoms with Gasteiger partial charge in [-0.15, -0.1) is 6.42 Å². The number of aliphatic hydroxyl groups excluding tert-OH is 1. The minimum absolute atomic E-state index is 0.0279. The van der Waals surface area contributed by atoms with Gasteiger partial charge in [0.25, 0.3) is 11.8 Å². The molecule has 0 spiro atoms. The number of hydroxylamine groups is 1. The highest BCUT2D eigenvalue weighted by Gasteiger charge is 2.29. The number of amides is 3. The van der Waals surface area contributed by atoms with Crippen molar-refractivity contribution in [3.05, 3.63) is 34.9 Å². The first kappa shape index (κ1) is 25.5. The number of β-amino-alcohol motifs (C(OH)–C–C–N with tert-alkyl or cyclic N) is 1. The number of rotatable bonds is 10. The van der Waals surface area contributed by atoms with Gasteiger partial charge in [0.15, 0.2) is 0 Å². The van der Waals surface area contributed by atoms with Crippen LogP contribution < -0.4 is 10.8 Å².